The molecule has 0 aliphatic carbocycles. The third-order valence-corrected chi connectivity index (χ3v) is 4.95. The van der Waals surface area contributed by atoms with Crippen LogP contribution in [0.25, 0.3) is 0 Å². The van der Waals surface area contributed by atoms with Crippen molar-refractivity contribution in [3.8, 4) is 5.75 Å². The molecule has 2 rings (SSSR count). The maximum atomic E-state index is 12.5. The summed E-state index contributed by atoms with van der Waals surface area (Å²) in [5, 5.41) is 0. The molecule has 22 heavy (non-hydrogen) atoms. The van der Waals surface area contributed by atoms with Crippen LogP contribution in [0, 0.1) is 12.8 Å². The van der Waals surface area contributed by atoms with E-state index in [4.69, 9.17) is 10.5 Å². The Kier molecular flexibility index (Phi) is 5.87. The van der Waals surface area contributed by atoms with Gasteiger partial charge in [0.25, 0.3) is 5.91 Å². The van der Waals surface area contributed by atoms with Crippen molar-refractivity contribution in [1.29, 1.82) is 0 Å². The lowest BCUT2D eigenvalue weighted by Crippen LogP contribution is -2.46. The summed E-state index contributed by atoms with van der Waals surface area (Å²) in [6.07, 6.45) is 1.47. The molecule has 2 unspecified atom stereocenters. The number of aryl methyl sites for hydroxylation is 1. The lowest BCUT2D eigenvalue weighted by atomic mass is 9.91. The fourth-order valence-electron chi connectivity index (χ4n) is 2.85. The van der Waals surface area contributed by atoms with E-state index in [1.807, 2.05) is 43.9 Å². The number of carbonyl (C=O) groups excluding carboxylic acids is 1. The summed E-state index contributed by atoms with van der Waals surface area (Å²) in [5.41, 5.74) is 7.10. The van der Waals surface area contributed by atoms with Crippen molar-refractivity contribution in [3.63, 3.8) is 0 Å². The highest BCUT2D eigenvalue weighted by Gasteiger charge is 2.28. The van der Waals surface area contributed by atoms with E-state index >= 15 is 0 Å². The largest absolute Gasteiger partial charge is 0.480 e. The monoisotopic (exact) mass is 368 g/mol. The first-order valence-electron chi connectivity index (χ1n) is 7.85. The number of piperidine rings is 1. The van der Waals surface area contributed by atoms with Crippen molar-refractivity contribution in [2.24, 2.45) is 11.7 Å². The summed E-state index contributed by atoms with van der Waals surface area (Å²) in [7, 11) is 0. The highest BCUT2D eigenvalue weighted by Crippen LogP contribution is 2.27. The van der Waals surface area contributed by atoms with Crippen LogP contribution in [0.4, 0.5) is 0 Å². The summed E-state index contributed by atoms with van der Waals surface area (Å²) < 4.78 is 6.70. The Labute approximate surface area is 141 Å². The maximum absolute atomic E-state index is 12.5. The molecule has 1 aliphatic heterocycles. The van der Waals surface area contributed by atoms with Crippen LogP contribution in [0.2, 0.25) is 0 Å². The van der Waals surface area contributed by atoms with Crippen molar-refractivity contribution in [2.45, 2.75) is 45.8 Å². The minimum absolute atomic E-state index is 0.0515. The van der Waals surface area contributed by atoms with Gasteiger partial charge in [-0.15, -0.1) is 0 Å². The van der Waals surface area contributed by atoms with Gasteiger partial charge in [-0.05, 0) is 73.2 Å². The van der Waals surface area contributed by atoms with Gasteiger partial charge in [-0.3, -0.25) is 4.79 Å². The van der Waals surface area contributed by atoms with Gasteiger partial charge in [0.1, 0.15) is 5.75 Å². The predicted molar refractivity (Wildman–Crippen MR) is 91.9 cm³/mol. The SMILES string of the molecule is Cc1ccc(OC(C)C(=O)N2CCC(C(C)N)CC2)c(Br)c1. The van der Waals surface area contributed by atoms with Gasteiger partial charge >= 0.3 is 0 Å². The highest BCUT2D eigenvalue weighted by atomic mass is 79.9. The van der Waals surface area contributed by atoms with E-state index < -0.39 is 6.10 Å². The topological polar surface area (TPSA) is 55.6 Å². The molecule has 1 amide bonds. The van der Waals surface area contributed by atoms with E-state index in [9.17, 15) is 4.79 Å². The summed E-state index contributed by atoms with van der Waals surface area (Å²) >= 11 is 3.48. The van der Waals surface area contributed by atoms with Gasteiger partial charge in [-0.1, -0.05) is 6.07 Å². The number of halogens is 1. The number of hydrogen-bond donors (Lipinski definition) is 1. The van der Waals surface area contributed by atoms with Crippen molar-refractivity contribution in [2.75, 3.05) is 13.1 Å². The van der Waals surface area contributed by atoms with Gasteiger partial charge < -0.3 is 15.4 Å². The molecule has 0 spiro atoms. The molecular weight excluding hydrogens is 344 g/mol. The van der Waals surface area contributed by atoms with E-state index in [0.29, 0.717) is 11.7 Å². The predicted octanol–water partition coefficient (Wildman–Crippen LogP) is 3.11. The Bertz CT molecular complexity index is 525. The van der Waals surface area contributed by atoms with Crippen molar-refractivity contribution >= 4 is 21.8 Å². The number of nitrogens with two attached hydrogens (primary N) is 1. The van der Waals surface area contributed by atoms with Crippen LogP contribution in [-0.4, -0.2) is 36.0 Å². The minimum Gasteiger partial charge on any atom is -0.480 e. The second kappa shape index (κ2) is 7.47. The molecule has 0 saturated carbocycles. The number of rotatable bonds is 4. The molecule has 0 bridgehead atoms. The summed E-state index contributed by atoms with van der Waals surface area (Å²) in [6, 6.07) is 6.06. The molecule has 1 aliphatic rings. The van der Waals surface area contributed by atoms with Gasteiger partial charge in [-0.2, -0.15) is 0 Å². The first kappa shape index (κ1) is 17.3. The van der Waals surface area contributed by atoms with Crippen LogP contribution in [0.15, 0.2) is 22.7 Å². The van der Waals surface area contributed by atoms with Crippen LogP contribution in [-0.2, 0) is 4.79 Å². The molecule has 4 nitrogen and oxygen atoms in total. The summed E-state index contributed by atoms with van der Waals surface area (Å²) in [4.78, 5) is 14.4. The van der Waals surface area contributed by atoms with E-state index in [2.05, 4.69) is 15.9 Å². The molecular formula is C17H25BrN2O2. The van der Waals surface area contributed by atoms with E-state index in [1.54, 1.807) is 0 Å². The van der Waals surface area contributed by atoms with Crippen molar-refractivity contribution in [3.05, 3.63) is 28.2 Å². The molecule has 2 atom stereocenters. The minimum atomic E-state index is -0.481. The quantitative estimate of drug-likeness (QED) is 0.887. The van der Waals surface area contributed by atoms with Gasteiger partial charge in [0.2, 0.25) is 0 Å². The molecule has 1 aromatic carbocycles. The first-order valence-corrected chi connectivity index (χ1v) is 8.65. The average molecular weight is 369 g/mol. The normalized spacial score (nSPS) is 18.9. The van der Waals surface area contributed by atoms with Crippen LogP contribution in [0.5, 0.6) is 5.75 Å². The Morgan fingerprint density at radius 3 is 2.55 bits per heavy atom. The number of ether oxygens (including phenoxy) is 1. The van der Waals surface area contributed by atoms with Crippen LogP contribution in [0.1, 0.15) is 32.3 Å². The van der Waals surface area contributed by atoms with E-state index in [1.165, 1.54) is 0 Å². The fraction of sp³-hybridized carbons (Fsp3) is 0.588. The molecule has 2 N–H and O–H groups in total. The second-order valence-corrected chi connectivity index (χ2v) is 7.07. The van der Waals surface area contributed by atoms with Crippen molar-refractivity contribution in [1.82, 2.24) is 4.90 Å². The second-order valence-electron chi connectivity index (χ2n) is 6.22. The standard InChI is InChI=1S/C17H25BrN2O2/c1-11-4-5-16(15(18)10-11)22-13(3)17(21)20-8-6-14(7-9-20)12(2)19/h4-5,10,12-14H,6-9,19H2,1-3H3. The van der Waals surface area contributed by atoms with Gasteiger partial charge in [-0.25, -0.2) is 0 Å². The molecule has 1 aromatic rings. The van der Waals surface area contributed by atoms with Gasteiger partial charge in [0, 0.05) is 19.1 Å². The molecule has 0 radical (unpaired) electrons. The highest BCUT2D eigenvalue weighted by molar-refractivity contribution is 9.10. The van der Waals surface area contributed by atoms with Crippen LogP contribution in [0.3, 0.4) is 0 Å². The maximum Gasteiger partial charge on any atom is 0.263 e. The third-order valence-electron chi connectivity index (χ3n) is 4.33. The molecule has 5 heteroatoms. The number of likely N-dealkylation sites (tertiary alicyclic amines) is 1. The lowest BCUT2D eigenvalue weighted by molar-refractivity contribution is -0.139. The Hall–Kier alpha value is -1.07. The van der Waals surface area contributed by atoms with Crippen molar-refractivity contribution < 1.29 is 9.53 Å². The zero-order valence-corrected chi connectivity index (χ0v) is 15.1. The number of carbonyl (C=O) groups is 1. The zero-order valence-electron chi connectivity index (χ0n) is 13.5. The Morgan fingerprint density at radius 2 is 2.00 bits per heavy atom. The van der Waals surface area contributed by atoms with E-state index in [-0.39, 0.29) is 11.9 Å². The Morgan fingerprint density at radius 1 is 1.36 bits per heavy atom. The third kappa shape index (κ3) is 4.23. The van der Waals surface area contributed by atoms with E-state index in [0.717, 1.165) is 36.0 Å². The molecule has 1 fully saturated rings. The number of benzene rings is 1. The lowest BCUT2D eigenvalue weighted by Gasteiger charge is -2.35. The zero-order chi connectivity index (χ0) is 16.3. The number of nitrogens with zero attached hydrogens (tertiary/aromatic N) is 1. The smallest absolute Gasteiger partial charge is 0.263 e. The Balaban J connectivity index is 1.92. The average Bonchev–Trinajstić information content (AvgIpc) is 2.49. The molecule has 0 aromatic heterocycles. The fourth-order valence-corrected chi connectivity index (χ4v) is 3.43. The van der Waals surface area contributed by atoms with Gasteiger partial charge in [0.05, 0.1) is 4.47 Å². The number of amides is 1. The summed E-state index contributed by atoms with van der Waals surface area (Å²) in [5.74, 6) is 1.28. The molecule has 122 valence electrons. The van der Waals surface area contributed by atoms with Crippen LogP contribution >= 0.6 is 15.9 Å². The molecule has 1 heterocycles. The molecule has 1 saturated heterocycles. The number of hydrogen-bond acceptors (Lipinski definition) is 3. The van der Waals surface area contributed by atoms with Gasteiger partial charge in [0.15, 0.2) is 6.10 Å². The first-order chi connectivity index (χ1) is 10.4. The van der Waals surface area contributed by atoms with Crippen LogP contribution < -0.4 is 10.5 Å². The summed E-state index contributed by atoms with van der Waals surface area (Å²) in [6.45, 7) is 7.42.